The monoisotopic (exact) mass is 362 g/mol. The Bertz CT molecular complexity index is 669. The predicted octanol–water partition coefficient (Wildman–Crippen LogP) is 2.89. The van der Waals surface area contributed by atoms with Crippen LogP contribution in [0.25, 0.3) is 0 Å². The molecule has 0 unspecified atom stereocenters. The number of halogens is 4. The van der Waals surface area contributed by atoms with Gasteiger partial charge in [0.25, 0.3) is 0 Å². The van der Waals surface area contributed by atoms with Gasteiger partial charge in [0, 0.05) is 6.20 Å². The van der Waals surface area contributed by atoms with E-state index in [2.05, 4.69) is 26.3 Å². The van der Waals surface area contributed by atoms with Gasteiger partial charge in [-0.3, -0.25) is 9.48 Å². The van der Waals surface area contributed by atoms with Crippen molar-refractivity contribution in [2.45, 2.75) is 12.7 Å². The summed E-state index contributed by atoms with van der Waals surface area (Å²) < 4.78 is 39.6. The van der Waals surface area contributed by atoms with E-state index in [-0.39, 0.29) is 17.9 Å². The molecule has 2 aromatic rings. The molecule has 0 aliphatic heterocycles. The molecule has 1 heterocycles. The number of alkyl halides is 3. The van der Waals surface area contributed by atoms with E-state index in [1.807, 2.05) is 0 Å². The van der Waals surface area contributed by atoms with Gasteiger partial charge in [-0.25, -0.2) is 0 Å². The molecule has 112 valence electrons. The number of nitrogens with one attached hydrogen (secondary N) is 1. The van der Waals surface area contributed by atoms with Gasteiger partial charge < -0.3 is 11.1 Å². The van der Waals surface area contributed by atoms with Crippen LogP contribution in [0.5, 0.6) is 0 Å². The molecule has 0 spiro atoms. The zero-order valence-electron chi connectivity index (χ0n) is 10.5. The van der Waals surface area contributed by atoms with Crippen LogP contribution in [0, 0.1) is 0 Å². The summed E-state index contributed by atoms with van der Waals surface area (Å²) in [4.78, 5) is 11.8. The second-order valence-electron chi connectivity index (χ2n) is 4.20. The first-order valence-corrected chi connectivity index (χ1v) is 6.49. The number of hydrogen-bond acceptors (Lipinski definition) is 3. The molecule has 0 fully saturated rings. The number of hydrogen-bond donors (Lipinski definition) is 2. The quantitative estimate of drug-likeness (QED) is 0.824. The summed E-state index contributed by atoms with van der Waals surface area (Å²) in [5.41, 5.74) is 4.62. The van der Waals surface area contributed by atoms with Crippen LogP contribution >= 0.6 is 15.9 Å². The fourth-order valence-electron chi connectivity index (χ4n) is 1.61. The third-order valence-electron chi connectivity index (χ3n) is 2.56. The minimum Gasteiger partial charge on any atom is -0.397 e. The van der Waals surface area contributed by atoms with E-state index in [1.165, 1.54) is 10.9 Å². The number of nitrogens with zero attached hydrogens (tertiary/aromatic N) is 2. The molecule has 0 aliphatic rings. The summed E-state index contributed by atoms with van der Waals surface area (Å²) in [5, 5.41) is 6.33. The first-order valence-electron chi connectivity index (χ1n) is 5.70. The number of anilines is 2. The highest BCUT2D eigenvalue weighted by atomic mass is 79.9. The van der Waals surface area contributed by atoms with Gasteiger partial charge >= 0.3 is 6.18 Å². The molecular formula is C12H10BrF3N4O. The molecule has 0 atom stereocenters. The van der Waals surface area contributed by atoms with Crippen molar-refractivity contribution in [3.8, 4) is 0 Å². The summed E-state index contributed by atoms with van der Waals surface area (Å²) in [5.74, 6) is -0.447. The van der Waals surface area contributed by atoms with E-state index in [1.54, 1.807) is 6.20 Å². The second-order valence-corrected chi connectivity index (χ2v) is 5.12. The lowest BCUT2D eigenvalue weighted by atomic mass is 10.1. The summed E-state index contributed by atoms with van der Waals surface area (Å²) in [6.45, 7) is -0.0773. The number of nitrogen functional groups attached to an aromatic ring is 1. The van der Waals surface area contributed by atoms with Crippen molar-refractivity contribution in [3.63, 3.8) is 0 Å². The van der Waals surface area contributed by atoms with Gasteiger partial charge in [0.1, 0.15) is 6.54 Å². The van der Waals surface area contributed by atoms with Crippen molar-refractivity contribution in [1.29, 1.82) is 0 Å². The van der Waals surface area contributed by atoms with Crippen molar-refractivity contribution in [2.24, 2.45) is 0 Å². The average Bonchev–Trinajstić information content (AvgIpc) is 2.76. The first-order chi connectivity index (χ1) is 9.75. The minimum atomic E-state index is -4.47. The van der Waals surface area contributed by atoms with Crippen molar-refractivity contribution < 1.29 is 18.0 Å². The molecule has 5 nitrogen and oxygen atoms in total. The van der Waals surface area contributed by atoms with Crippen LogP contribution in [0.1, 0.15) is 5.56 Å². The van der Waals surface area contributed by atoms with Crippen LogP contribution < -0.4 is 11.1 Å². The Morgan fingerprint density at radius 3 is 2.67 bits per heavy atom. The van der Waals surface area contributed by atoms with E-state index in [0.717, 1.165) is 18.2 Å². The highest BCUT2D eigenvalue weighted by molar-refractivity contribution is 9.10. The molecule has 0 saturated carbocycles. The molecule has 0 aliphatic carbocycles. The lowest BCUT2D eigenvalue weighted by molar-refractivity contribution is -0.137. The zero-order valence-corrected chi connectivity index (χ0v) is 12.1. The van der Waals surface area contributed by atoms with Gasteiger partial charge in [-0.15, -0.1) is 0 Å². The Morgan fingerprint density at radius 2 is 2.14 bits per heavy atom. The number of amides is 1. The Balaban J connectivity index is 2.07. The molecule has 0 radical (unpaired) electrons. The molecule has 1 aromatic carbocycles. The van der Waals surface area contributed by atoms with Crippen molar-refractivity contribution in [2.75, 3.05) is 11.1 Å². The molecule has 0 bridgehead atoms. The third-order valence-corrected chi connectivity index (χ3v) is 2.97. The third kappa shape index (κ3) is 3.97. The van der Waals surface area contributed by atoms with Crippen LogP contribution in [-0.2, 0) is 17.5 Å². The molecule has 1 aromatic heterocycles. The standard InChI is InChI=1S/C12H10BrF3N4O/c13-8-4-18-20(5-8)6-11(21)19-10-2-1-7(3-9(10)17)12(14,15)16/h1-5H,6,17H2,(H,19,21). The number of nitrogens with two attached hydrogens (primary N) is 1. The van der Waals surface area contributed by atoms with E-state index < -0.39 is 17.6 Å². The topological polar surface area (TPSA) is 72.9 Å². The second kappa shape index (κ2) is 5.76. The van der Waals surface area contributed by atoms with Crippen molar-refractivity contribution in [1.82, 2.24) is 9.78 Å². The molecule has 21 heavy (non-hydrogen) atoms. The van der Waals surface area contributed by atoms with Gasteiger partial charge in [0.2, 0.25) is 5.91 Å². The van der Waals surface area contributed by atoms with E-state index in [0.29, 0.717) is 4.47 Å². The normalized spacial score (nSPS) is 11.4. The average molecular weight is 363 g/mol. The van der Waals surface area contributed by atoms with Crippen molar-refractivity contribution >= 4 is 33.2 Å². The van der Waals surface area contributed by atoms with E-state index in [9.17, 15) is 18.0 Å². The van der Waals surface area contributed by atoms with Crippen LogP contribution in [0.4, 0.5) is 24.5 Å². The van der Waals surface area contributed by atoms with Gasteiger partial charge in [0.15, 0.2) is 0 Å². The van der Waals surface area contributed by atoms with Crippen LogP contribution in [0.15, 0.2) is 35.1 Å². The smallest absolute Gasteiger partial charge is 0.397 e. The van der Waals surface area contributed by atoms with Gasteiger partial charge in [-0.1, -0.05) is 0 Å². The number of aromatic nitrogens is 2. The zero-order chi connectivity index (χ0) is 15.6. The lowest BCUT2D eigenvalue weighted by Crippen LogP contribution is -2.20. The van der Waals surface area contributed by atoms with Gasteiger partial charge in [-0.05, 0) is 34.1 Å². The van der Waals surface area contributed by atoms with Gasteiger partial charge in [-0.2, -0.15) is 18.3 Å². The molecular weight excluding hydrogens is 353 g/mol. The Labute approximate surface area is 126 Å². The van der Waals surface area contributed by atoms with Crippen LogP contribution in [-0.4, -0.2) is 15.7 Å². The van der Waals surface area contributed by atoms with E-state index in [4.69, 9.17) is 5.73 Å². The predicted molar refractivity (Wildman–Crippen MR) is 74.4 cm³/mol. The minimum absolute atomic E-state index is 0.0773. The highest BCUT2D eigenvalue weighted by Crippen LogP contribution is 2.32. The number of carbonyl (C=O) groups excluding carboxylic acids is 1. The Kier molecular flexibility index (Phi) is 4.21. The fraction of sp³-hybridized carbons (Fsp3) is 0.167. The van der Waals surface area contributed by atoms with Crippen LogP contribution in [0.3, 0.4) is 0 Å². The SMILES string of the molecule is Nc1cc(C(F)(F)F)ccc1NC(=O)Cn1cc(Br)cn1. The maximum atomic E-state index is 12.5. The Hall–Kier alpha value is -2.03. The van der Waals surface area contributed by atoms with Gasteiger partial charge in [0.05, 0.1) is 27.6 Å². The summed E-state index contributed by atoms with van der Waals surface area (Å²) >= 11 is 3.19. The largest absolute Gasteiger partial charge is 0.416 e. The maximum absolute atomic E-state index is 12.5. The van der Waals surface area contributed by atoms with Crippen molar-refractivity contribution in [3.05, 3.63) is 40.6 Å². The molecule has 2 rings (SSSR count). The molecule has 9 heteroatoms. The molecule has 0 saturated heterocycles. The summed E-state index contributed by atoms with van der Waals surface area (Å²) in [7, 11) is 0. The summed E-state index contributed by atoms with van der Waals surface area (Å²) in [6.07, 6.45) is -1.37. The Morgan fingerprint density at radius 1 is 1.43 bits per heavy atom. The van der Waals surface area contributed by atoms with E-state index >= 15 is 0 Å². The number of benzene rings is 1. The van der Waals surface area contributed by atoms with Crippen LogP contribution in [0.2, 0.25) is 0 Å². The number of carbonyl (C=O) groups is 1. The first kappa shape index (κ1) is 15.4. The fourth-order valence-corrected chi connectivity index (χ4v) is 1.94. The lowest BCUT2D eigenvalue weighted by Gasteiger charge is -2.11. The molecule has 1 amide bonds. The summed E-state index contributed by atoms with van der Waals surface area (Å²) in [6, 6.07) is 2.76. The molecule has 3 N–H and O–H groups in total. The highest BCUT2D eigenvalue weighted by Gasteiger charge is 2.30. The maximum Gasteiger partial charge on any atom is 0.416 e. The number of rotatable bonds is 3.